The highest BCUT2D eigenvalue weighted by atomic mass is 15.2. The number of aliphatic imine (C=N–C) groups is 1. The highest BCUT2D eigenvalue weighted by Crippen LogP contribution is 2.24. The number of pyridine rings is 1. The maximum absolute atomic E-state index is 6.26. The first kappa shape index (κ1) is 12.4. The Labute approximate surface area is 117 Å². The van der Waals surface area contributed by atoms with Crippen molar-refractivity contribution < 1.29 is 0 Å². The smallest absolute Gasteiger partial charge is 0.195 e. The van der Waals surface area contributed by atoms with Crippen molar-refractivity contribution in [2.24, 2.45) is 16.5 Å². The molecule has 0 saturated heterocycles. The molecule has 1 aromatic carbocycles. The number of nitrogens with two attached hydrogens (primary N) is 2. The Hall–Kier alpha value is -2.66. The van der Waals surface area contributed by atoms with E-state index in [0.29, 0.717) is 5.69 Å². The molecule has 0 aliphatic carbocycles. The summed E-state index contributed by atoms with van der Waals surface area (Å²) in [5, 5.41) is 2.79. The summed E-state index contributed by atoms with van der Waals surface area (Å²) in [6.45, 7) is 0. The van der Waals surface area contributed by atoms with Gasteiger partial charge in [-0.1, -0.05) is 36.4 Å². The lowest BCUT2D eigenvalue weighted by atomic mass is 10.0. The van der Waals surface area contributed by atoms with Crippen LogP contribution in [-0.2, 0) is 5.66 Å². The van der Waals surface area contributed by atoms with Crippen LogP contribution in [0.1, 0.15) is 5.69 Å². The maximum Gasteiger partial charge on any atom is 0.195 e. The van der Waals surface area contributed by atoms with E-state index in [4.69, 9.17) is 11.5 Å². The van der Waals surface area contributed by atoms with Crippen LogP contribution >= 0.6 is 0 Å². The molecule has 0 fully saturated rings. The van der Waals surface area contributed by atoms with E-state index in [0.717, 1.165) is 11.3 Å². The molecule has 0 amide bonds. The molecule has 3 rings (SSSR count). The molecule has 1 aromatic heterocycles. The van der Waals surface area contributed by atoms with Crippen molar-refractivity contribution in [3.63, 3.8) is 0 Å². The van der Waals surface area contributed by atoms with Crippen LogP contribution in [-0.4, -0.2) is 10.9 Å². The maximum atomic E-state index is 6.26. The zero-order valence-corrected chi connectivity index (χ0v) is 10.8. The van der Waals surface area contributed by atoms with Gasteiger partial charge in [-0.05, 0) is 18.2 Å². The van der Waals surface area contributed by atoms with Crippen molar-refractivity contribution in [2.45, 2.75) is 5.66 Å². The molecule has 0 saturated carbocycles. The zero-order valence-electron chi connectivity index (χ0n) is 10.8. The third-order valence-corrected chi connectivity index (χ3v) is 3.10. The Morgan fingerprint density at radius 1 is 1.00 bits per heavy atom. The van der Waals surface area contributed by atoms with Crippen molar-refractivity contribution >= 4 is 5.96 Å². The number of hydrogen-bond donors (Lipinski definition) is 3. The highest BCUT2D eigenvalue weighted by molar-refractivity contribution is 5.80. The van der Waals surface area contributed by atoms with Gasteiger partial charge in [0.15, 0.2) is 11.6 Å². The van der Waals surface area contributed by atoms with Gasteiger partial charge in [0.1, 0.15) is 0 Å². The number of rotatable bonds is 2. The molecule has 0 bridgehead atoms. The van der Waals surface area contributed by atoms with Gasteiger partial charge in [-0.15, -0.1) is 0 Å². The van der Waals surface area contributed by atoms with Gasteiger partial charge in [0.05, 0.1) is 11.4 Å². The first-order valence-electron chi connectivity index (χ1n) is 6.29. The summed E-state index contributed by atoms with van der Waals surface area (Å²) < 4.78 is 0. The molecule has 1 aliphatic rings. The van der Waals surface area contributed by atoms with E-state index in [1.54, 1.807) is 12.3 Å². The highest BCUT2D eigenvalue weighted by Gasteiger charge is 2.27. The van der Waals surface area contributed by atoms with Gasteiger partial charge in [0, 0.05) is 11.8 Å². The van der Waals surface area contributed by atoms with E-state index < -0.39 is 5.66 Å². The molecule has 2 aromatic rings. The van der Waals surface area contributed by atoms with E-state index in [-0.39, 0.29) is 5.96 Å². The fourth-order valence-corrected chi connectivity index (χ4v) is 2.09. The summed E-state index contributed by atoms with van der Waals surface area (Å²) in [5.41, 5.74) is 13.5. The minimum Gasteiger partial charge on any atom is -0.370 e. The molecule has 20 heavy (non-hydrogen) atoms. The quantitative estimate of drug-likeness (QED) is 0.763. The van der Waals surface area contributed by atoms with Crippen molar-refractivity contribution in [1.82, 2.24) is 10.3 Å². The normalized spacial score (nSPS) is 21.1. The predicted octanol–water partition coefficient (Wildman–Crippen LogP) is 1.29. The lowest BCUT2D eigenvalue weighted by molar-refractivity contribution is 0.562. The molecule has 1 atom stereocenters. The fourth-order valence-electron chi connectivity index (χ4n) is 2.09. The van der Waals surface area contributed by atoms with Crippen LogP contribution in [0.15, 0.2) is 65.8 Å². The van der Waals surface area contributed by atoms with Crippen LogP contribution in [0.25, 0.3) is 11.3 Å². The SMILES string of the molecule is NC1=NC(N)(c2cccc(-c3ccccc3)n2)C=CN1. The summed E-state index contributed by atoms with van der Waals surface area (Å²) in [7, 11) is 0. The second kappa shape index (κ2) is 4.79. The van der Waals surface area contributed by atoms with Crippen molar-refractivity contribution in [1.29, 1.82) is 0 Å². The van der Waals surface area contributed by atoms with Crippen molar-refractivity contribution in [2.75, 3.05) is 0 Å². The van der Waals surface area contributed by atoms with Gasteiger partial charge in [-0.2, -0.15) is 0 Å². The van der Waals surface area contributed by atoms with Gasteiger partial charge >= 0.3 is 0 Å². The molecule has 5 nitrogen and oxygen atoms in total. The summed E-state index contributed by atoms with van der Waals surface area (Å²) >= 11 is 0. The van der Waals surface area contributed by atoms with Gasteiger partial charge in [0.25, 0.3) is 0 Å². The van der Waals surface area contributed by atoms with E-state index in [9.17, 15) is 0 Å². The van der Waals surface area contributed by atoms with E-state index in [1.807, 2.05) is 48.5 Å². The summed E-state index contributed by atoms with van der Waals surface area (Å²) in [4.78, 5) is 8.84. The van der Waals surface area contributed by atoms with Gasteiger partial charge in [-0.3, -0.25) is 5.73 Å². The third-order valence-electron chi connectivity index (χ3n) is 3.10. The van der Waals surface area contributed by atoms with Crippen LogP contribution < -0.4 is 16.8 Å². The van der Waals surface area contributed by atoms with Crippen LogP contribution in [0.3, 0.4) is 0 Å². The number of nitrogens with one attached hydrogen (secondary N) is 1. The molecule has 100 valence electrons. The number of hydrogen-bond acceptors (Lipinski definition) is 5. The van der Waals surface area contributed by atoms with Gasteiger partial charge in [0.2, 0.25) is 0 Å². The Morgan fingerprint density at radius 2 is 1.80 bits per heavy atom. The largest absolute Gasteiger partial charge is 0.370 e. The van der Waals surface area contributed by atoms with Gasteiger partial charge < -0.3 is 11.1 Å². The lowest BCUT2D eigenvalue weighted by Gasteiger charge is -2.24. The third kappa shape index (κ3) is 2.26. The molecular formula is C15H15N5. The summed E-state index contributed by atoms with van der Waals surface area (Å²) in [5.74, 6) is 0.280. The van der Waals surface area contributed by atoms with E-state index >= 15 is 0 Å². The minimum absolute atomic E-state index is 0.280. The molecule has 1 aliphatic heterocycles. The molecule has 1 unspecified atom stereocenters. The van der Waals surface area contributed by atoms with E-state index in [1.165, 1.54) is 0 Å². The van der Waals surface area contributed by atoms with Crippen molar-refractivity contribution in [3.05, 3.63) is 66.5 Å². The first-order valence-corrected chi connectivity index (χ1v) is 6.29. The molecule has 5 N–H and O–H groups in total. The molecule has 0 radical (unpaired) electrons. The summed E-state index contributed by atoms with van der Waals surface area (Å²) in [6.07, 6.45) is 3.42. The molecule has 2 heterocycles. The van der Waals surface area contributed by atoms with Crippen molar-refractivity contribution in [3.8, 4) is 11.3 Å². The van der Waals surface area contributed by atoms with Gasteiger partial charge in [-0.25, -0.2) is 9.98 Å². The average molecular weight is 265 g/mol. The molecule has 5 heteroatoms. The average Bonchev–Trinajstić information content (AvgIpc) is 2.48. The Morgan fingerprint density at radius 3 is 2.55 bits per heavy atom. The number of nitrogens with zero attached hydrogens (tertiary/aromatic N) is 2. The first-order chi connectivity index (χ1) is 9.67. The molecular weight excluding hydrogens is 250 g/mol. The number of guanidine groups is 1. The Bertz CT molecular complexity index is 678. The number of aromatic nitrogens is 1. The topological polar surface area (TPSA) is 89.3 Å². The Balaban J connectivity index is 2.04. The predicted molar refractivity (Wildman–Crippen MR) is 79.4 cm³/mol. The molecule has 0 spiro atoms. The standard InChI is InChI=1S/C15H15N5/c16-14-18-10-9-15(17,20-14)13-8-4-7-12(19-13)11-5-2-1-3-6-11/h1-10H,17H2,(H3,16,18,20). The zero-order chi connectivity index (χ0) is 14.0. The fraction of sp³-hybridized carbons (Fsp3) is 0.0667. The van der Waals surface area contributed by atoms with Crippen LogP contribution in [0.4, 0.5) is 0 Å². The monoisotopic (exact) mass is 265 g/mol. The second-order valence-corrected chi connectivity index (χ2v) is 4.57. The Kier molecular flexibility index (Phi) is 2.96. The second-order valence-electron chi connectivity index (χ2n) is 4.57. The number of benzene rings is 1. The summed E-state index contributed by atoms with van der Waals surface area (Å²) in [6, 6.07) is 15.6. The van der Waals surface area contributed by atoms with Crippen LogP contribution in [0.2, 0.25) is 0 Å². The lowest BCUT2D eigenvalue weighted by Crippen LogP contribution is -2.42. The van der Waals surface area contributed by atoms with Crippen LogP contribution in [0, 0.1) is 0 Å². The van der Waals surface area contributed by atoms with Crippen LogP contribution in [0.5, 0.6) is 0 Å². The van der Waals surface area contributed by atoms with E-state index in [2.05, 4.69) is 15.3 Å². The minimum atomic E-state index is -1.03.